The molecule has 1 atom stereocenters. The van der Waals surface area contributed by atoms with E-state index in [2.05, 4.69) is 0 Å². The van der Waals surface area contributed by atoms with Crippen molar-refractivity contribution in [3.05, 3.63) is 70.7 Å². The molecule has 0 saturated carbocycles. The average molecular weight is 348 g/mol. The Kier molecular flexibility index (Phi) is 5.60. The van der Waals surface area contributed by atoms with Gasteiger partial charge in [0.2, 0.25) is 5.91 Å². The lowest BCUT2D eigenvalue weighted by molar-refractivity contribution is -0.136. The summed E-state index contributed by atoms with van der Waals surface area (Å²) in [6, 6.07) is 17.6. The number of benzene rings is 2. The van der Waals surface area contributed by atoms with Gasteiger partial charge in [0.15, 0.2) is 0 Å². The van der Waals surface area contributed by atoms with E-state index in [0.29, 0.717) is 11.6 Å². The third-order valence-electron chi connectivity index (χ3n) is 3.68. The molecule has 0 bridgehead atoms. The molecular weight excluding hydrogens is 330 g/mol. The first-order valence-corrected chi connectivity index (χ1v) is 8.95. The number of nitrogens with zero attached hydrogens (tertiary/aromatic N) is 1. The summed E-state index contributed by atoms with van der Waals surface area (Å²) >= 11 is 7.83. The van der Waals surface area contributed by atoms with E-state index in [9.17, 15) is 4.79 Å². The maximum Gasteiger partial charge on any atom is 0.249 e. The minimum atomic E-state index is 0.0240. The van der Waals surface area contributed by atoms with Crippen LogP contribution in [0.1, 0.15) is 16.5 Å². The van der Waals surface area contributed by atoms with Crippen LogP contribution >= 0.6 is 23.4 Å². The third kappa shape index (κ3) is 4.28. The second-order valence-corrected chi connectivity index (χ2v) is 6.97. The van der Waals surface area contributed by atoms with Crippen molar-refractivity contribution in [3.8, 4) is 0 Å². The molecule has 1 heterocycles. The van der Waals surface area contributed by atoms with Crippen molar-refractivity contribution in [1.82, 2.24) is 4.90 Å². The summed E-state index contributed by atoms with van der Waals surface area (Å²) in [5, 5.41) is 0.726. The molecule has 0 radical (unpaired) electrons. The number of amides is 1. The Bertz CT molecular complexity index is 665. The molecule has 1 unspecified atom stereocenters. The number of halogens is 1. The Balaban J connectivity index is 1.58. The number of hydrogen-bond acceptors (Lipinski definition) is 3. The molecule has 23 heavy (non-hydrogen) atoms. The maximum atomic E-state index is 12.5. The summed E-state index contributed by atoms with van der Waals surface area (Å²) in [7, 11) is 0. The number of ether oxygens (including phenoxy) is 1. The fourth-order valence-electron chi connectivity index (χ4n) is 2.58. The first-order valence-electron chi connectivity index (χ1n) is 7.52. The van der Waals surface area contributed by atoms with E-state index in [-0.39, 0.29) is 17.9 Å². The topological polar surface area (TPSA) is 29.5 Å². The molecule has 1 fully saturated rings. The van der Waals surface area contributed by atoms with Gasteiger partial charge in [0, 0.05) is 17.3 Å². The van der Waals surface area contributed by atoms with Gasteiger partial charge in [-0.1, -0.05) is 54.1 Å². The highest BCUT2D eigenvalue weighted by molar-refractivity contribution is 7.99. The van der Waals surface area contributed by atoms with Crippen molar-refractivity contribution in [2.24, 2.45) is 0 Å². The SMILES string of the molecule is O=C(COCc1ccccc1)N1CCSC1c1cccc(Cl)c1. The zero-order valence-electron chi connectivity index (χ0n) is 12.7. The van der Waals surface area contributed by atoms with Crippen molar-refractivity contribution in [3.63, 3.8) is 0 Å². The van der Waals surface area contributed by atoms with Gasteiger partial charge < -0.3 is 9.64 Å². The number of thioether (sulfide) groups is 1. The first kappa shape index (κ1) is 16.4. The van der Waals surface area contributed by atoms with Gasteiger partial charge in [-0.2, -0.15) is 0 Å². The molecule has 1 aliphatic rings. The maximum absolute atomic E-state index is 12.5. The molecule has 2 aromatic carbocycles. The summed E-state index contributed by atoms with van der Waals surface area (Å²) in [6.07, 6.45) is 0. The molecule has 0 aromatic heterocycles. The van der Waals surface area contributed by atoms with Crippen LogP contribution in [0.25, 0.3) is 0 Å². The van der Waals surface area contributed by atoms with E-state index in [1.807, 2.05) is 59.5 Å². The average Bonchev–Trinajstić information content (AvgIpc) is 3.05. The Morgan fingerprint density at radius 3 is 2.83 bits per heavy atom. The largest absolute Gasteiger partial charge is 0.367 e. The Morgan fingerprint density at radius 1 is 1.22 bits per heavy atom. The molecule has 5 heteroatoms. The molecule has 2 aromatic rings. The van der Waals surface area contributed by atoms with Crippen LogP contribution < -0.4 is 0 Å². The molecule has 1 amide bonds. The molecule has 3 nitrogen and oxygen atoms in total. The highest BCUT2D eigenvalue weighted by Crippen LogP contribution is 2.38. The van der Waals surface area contributed by atoms with Crippen LogP contribution in [0.3, 0.4) is 0 Å². The van der Waals surface area contributed by atoms with E-state index in [4.69, 9.17) is 16.3 Å². The van der Waals surface area contributed by atoms with Gasteiger partial charge in [-0.25, -0.2) is 0 Å². The Hall–Kier alpha value is -1.49. The molecule has 120 valence electrons. The lowest BCUT2D eigenvalue weighted by Gasteiger charge is -2.24. The predicted octanol–water partition coefficient (Wildman–Crippen LogP) is 4.13. The van der Waals surface area contributed by atoms with Crippen LogP contribution in [0.4, 0.5) is 0 Å². The smallest absolute Gasteiger partial charge is 0.249 e. The van der Waals surface area contributed by atoms with Crippen LogP contribution in [0.15, 0.2) is 54.6 Å². The van der Waals surface area contributed by atoms with Crippen LogP contribution in [0.5, 0.6) is 0 Å². The zero-order valence-corrected chi connectivity index (χ0v) is 14.2. The van der Waals surface area contributed by atoms with Gasteiger partial charge in [0.05, 0.1) is 6.61 Å². The highest BCUT2D eigenvalue weighted by atomic mass is 35.5. The zero-order chi connectivity index (χ0) is 16.1. The molecule has 0 spiro atoms. The number of hydrogen-bond donors (Lipinski definition) is 0. The van der Waals surface area contributed by atoms with Gasteiger partial charge in [-0.3, -0.25) is 4.79 Å². The van der Waals surface area contributed by atoms with Crippen LogP contribution in [-0.2, 0) is 16.1 Å². The Labute approximate surface area is 145 Å². The van der Waals surface area contributed by atoms with Crippen molar-refractivity contribution in [1.29, 1.82) is 0 Å². The standard InChI is InChI=1S/C18H18ClNO2S/c19-16-8-4-7-15(11-16)18-20(9-10-23-18)17(21)13-22-12-14-5-2-1-3-6-14/h1-8,11,18H,9-10,12-13H2. The van der Waals surface area contributed by atoms with Crippen LogP contribution in [0.2, 0.25) is 5.02 Å². The lowest BCUT2D eigenvalue weighted by atomic mass is 10.2. The van der Waals surface area contributed by atoms with Gasteiger partial charge >= 0.3 is 0 Å². The number of rotatable bonds is 5. The second kappa shape index (κ2) is 7.86. The summed E-state index contributed by atoms with van der Waals surface area (Å²) in [5.74, 6) is 0.956. The molecular formula is C18H18ClNO2S. The minimum Gasteiger partial charge on any atom is -0.367 e. The normalized spacial score (nSPS) is 17.4. The van der Waals surface area contributed by atoms with Crippen molar-refractivity contribution < 1.29 is 9.53 Å². The van der Waals surface area contributed by atoms with Gasteiger partial charge in [0.1, 0.15) is 12.0 Å². The van der Waals surface area contributed by atoms with Gasteiger partial charge in [-0.05, 0) is 23.3 Å². The van der Waals surface area contributed by atoms with Gasteiger partial charge in [0.25, 0.3) is 0 Å². The third-order valence-corrected chi connectivity index (χ3v) is 5.18. The lowest BCUT2D eigenvalue weighted by Crippen LogP contribution is -2.33. The molecule has 1 aliphatic heterocycles. The van der Waals surface area contributed by atoms with Crippen LogP contribution in [0, 0.1) is 0 Å². The fourth-order valence-corrected chi connectivity index (χ4v) is 4.04. The minimum absolute atomic E-state index is 0.0240. The van der Waals surface area contributed by atoms with E-state index in [1.54, 1.807) is 11.8 Å². The monoisotopic (exact) mass is 347 g/mol. The van der Waals surface area contributed by atoms with E-state index in [1.165, 1.54) is 0 Å². The molecule has 0 N–H and O–H groups in total. The van der Waals surface area contributed by atoms with Crippen LogP contribution in [-0.4, -0.2) is 29.7 Å². The number of carbonyl (C=O) groups excluding carboxylic acids is 1. The molecule has 1 saturated heterocycles. The number of carbonyl (C=O) groups is 1. The summed E-state index contributed by atoms with van der Waals surface area (Å²) in [4.78, 5) is 14.3. The van der Waals surface area contributed by atoms with E-state index >= 15 is 0 Å². The second-order valence-electron chi connectivity index (χ2n) is 5.34. The van der Waals surface area contributed by atoms with Crippen molar-refractivity contribution >= 4 is 29.3 Å². The molecule has 0 aliphatic carbocycles. The first-order chi connectivity index (χ1) is 11.2. The summed E-state index contributed by atoms with van der Waals surface area (Å²) < 4.78 is 5.58. The Morgan fingerprint density at radius 2 is 2.04 bits per heavy atom. The quantitative estimate of drug-likeness (QED) is 0.814. The summed E-state index contributed by atoms with van der Waals surface area (Å²) in [5.41, 5.74) is 2.14. The highest BCUT2D eigenvalue weighted by Gasteiger charge is 2.30. The van der Waals surface area contributed by atoms with Crippen molar-refractivity contribution in [2.75, 3.05) is 18.9 Å². The summed E-state index contributed by atoms with van der Waals surface area (Å²) in [6.45, 7) is 1.30. The van der Waals surface area contributed by atoms with Crippen molar-refractivity contribution in [2.45, 2.75) is 12.0 Å². The van der Waals surface area contributed by atoms with E-state index < -0.39 is 0 Å². The molecule has 3 rings (SSSR count). The van der Waals surface area contributed by atoms with Gasteiger partial charge in [-0.15, -0.1) is 11.8 Å². The van der Waals surface area contributed by atoms with E-state index in [0.717, 1.165) is 23.4 Å². The predicted molar refractivity (Wildman–Crippen MR) is 94.5 cm³/mol. The fraction of sp³-hybridized carbons (Fsp3) is 0.278.